The molecule has 8 nitrogen and oxygen atoms in total. The maximum atomic E-state index is 11.4. The molecule has 2 aromatic carbocycles. The van der Waals surface area contributed by atoms with Crippen molar-refractivity contribution in [2.24, 2.45) is 0 Å². The van der Waals surface area contributed by atoms with Gasteiger partial charge < -0.3 is 19.5 Å². The van der Waals surface area contributed by atoms with E-state index in [1.165, 1.54) is 6.07 Å². The number of ether oxygens (including phenoxy) is 2. The number of methoxy groups -OCH3 is 2. The van der Waals surface area contributed by atoms with Crippen LogP contribution in [0.2, 0.25) is 0 Å². The van der Waals surface area contributed by atoms with Gasteiger partial charge in [0, 0.05) is 25.2 Å². The first-order valence-electron chi connectivity index (χ1n) is 8.79. The molecule has 1 fully saturated rings. The second kappa shape index (κ2) is 7.74. The molecule has 3 rings (SSSR count). The Morgan fingerprint density at radius 1 is 1.14 bits per heavy atom. The molecular formula is C20H21N3O5. The average Bonchev–Trinajstić information content (AvgIpc) is 2.73. The Kier molecular flexibility index (Phi) is 5.38. The van der Waals surface area contributed by atoms with Gasteiger partial charge in [0.25, 0.3) is 5.69 Å². The number of nitro groups is 1. The molecule has 1 saturated heterocycles. The summed E-state index contributed by atoms with van der Waals surface area (Å²) in [6, 6.07) is 11.7. The molecule has 0 spiro atoms. The predicted octanol–water partition coefficient (Wildman–Crippen LogP) is 2.97. The first-order valence-corrected chi connectivity index (χ1v) is 8.79. The summed E-state index contributed by atoms with van der Waals surface area (Å²) in [7, 11) is 3.10. The van der Waals surface area contributed by atoms with E-state index in [9.17, 15) is 15.2 Å². The highest BCUT2D eigenvalue weighted by molar-refractivity contribution is 5.66. The lowest BCUT2D eigenvalue weighted by atomic mass is 9.84. The Labute approximate surface area is 162 Å². The smallest absolute Gasteiger partial charge is 0.293 e. The summed E-state index contributed by atoms with van der Waals surface area (Å²) in [4.78, 5) is 12.8. The van der Waals surface area contributed by atoms with E-state index in [1.54, 1.807) is 44.6 Å². The minimum atomic E-state index is -1.08. The number of aliphatic hydroxyl groups is 1. The summed E-state index contributed by atoms with van der Waals surface area (Å²) in [5.41, 5.74) is 0.201. The number of nitriles is 1. The van der Waals surface area contributed by atoms with Crippen LogP contribution in [0.3, 0.4) is 0 Å². The highest BCUT2D eigenvalue weighted by Crippen LogP contribution is 2.39. The van der Waals surface area contributed by atoms with Gasteiger partial charge in [0.15, 0.2) is 0 Å². The SMILES string of the molecule is COc1cc(OC)cc(C2(O)CCN(c3ccc(C#N)cc3[N+](=O)[O-])CC2)c1. The van der Waals surface area contributed by atoms with Crippen molar-refractivity contribution in [1.29, 1.82) is 5.26 Å². The summed E-state index contributed by atoms with van der Waals surface area (Å²) in [5, 5.41) is 31.6. The Balaban J connectivity index is 1.85. The quantitative estimate of drug-likeness (QED) is 0.624. The number of piperidine rings is 1. The number of nitro benzene ring substituents is 1. The monoisotopic (exact) mass is 383 g/mol. The predicted molar refractivity (Wildman–Crippen MR) is 103 cm³/mol. The van der Waals surface area contributed by atoms with Gasteiger partial charge in [-0.3, -0.25) is 10.1 Å². The maximum Gasteiger partial charge on any atom is 0.293 e. The molecule has 0 radical (unpaired) electrons. The summed E-state index contributed by atoms with van der Waals surface area (Å²) < 4.78 is 10.6. The molecule has 0 aromatic heterocycles. The molecule has 0 amide bonds. The lowest BCUT2D eigenvalue weighted by Gasteiger charge is -2.39. The fourth-order valence-electron chi connectivity index (χ4n) is 3.49. The lowest BCUT2D eigenvalue weighted by Crippen LogP contribution is -2.42. The first kappa shape index (κ1) is 19.5. The van der Waals surface area contributed by atoms with Gasteiger partial charge in [0.1, 0.15) is 17.2 Å². The van der Waals surface area contributed by atoms with Crippen molar-refractivity contribution in [3.05, 3.63) is 57.6 Å². The van der Waals surface area contributed by atoms with Crippen LogP contribution < -0.4 is 14.4 Å². The third-order valence-electron chi connectivity index (χ3n) is 5.12. The van der Waals surface area contributed by atoms with Gasteiger partial charge in [-0.15, -0.1) is 0 Å². The molecule has 0 saturated carbocycles. The zero-order chi connectivity index (χ0) is 20.3. The molecule has 1 heterocycles. The number of hydrogen-bond donors (Lipinski definition) is 1. The summed E-state index contributed by atoms with van der Waals surface area (Å²) >= 11 is 0. The molecule has 1 N–H and O–H groups in total. The van der Waals surface area contributed by atoms with Crippen molar-refractivity contribution in [3.8, 4) is 17.6 Å². The molecule has 28 heavy (non-hydrogen) atoms. The van der Waals surface area contributed by atoms with Gasteiger partial charge in [-0.2, -0.15) is 5.26 Å². The second-order valence-corrected chi connectivity index (χ2v) is 6.69. The van der Waals surface area contributed by atoms with Crippen LogP contribution in [0.4, 0.5) is 11.4 Å². The minimum Gasteiger partial charge on any atom is -0.497 e. The molecule has 2 aromatic rings. The van der Waals surface area contributed by atoms with Crippen LogP contribution in [0, 0.1) is 21.4 Å². The molecule has 0 bridgehead atoms. The maximum absolute atomic E-state index is 11.4. The van der Waals surface area contributed by atoms with E-state index in [2.05, 4.69) is 0 Å². The molecule has 1 aliphatic rings. The molecule has 146 valence electrons. The Bertz CT molecular complexity index is 908. The Morgan fingerprint density at radius 3 is 2.25 bits per heavy atom. The number of benzene rings is 2. The van der Waals surface area contributed by atoms with Crippen LogP contribution >= 0.6 is 0 Å². The van der Waals surface area contributed by atoms with Crippen LogP contribution in [0.1, 0.15) is 24.0 Å². The summed E-state index contributed by atoms with van der Waals surface area (Å²) in [6.45, 7) is 0.867. The Hall–Kier alpha value is -3.31. The standard InChI is InChI=1S/C20H21N3O5/c1-27-16-10-15(11-17(12-16)28-2)20(24)5-7-22(8-6-20)18-4-3-14(13-21)9-19(18)23(25)26/h3-4,9-12,24H,5-8H2,1-2H3. The second-order valence-electron chi connectivity index (χ2n) is 6.69. The van der Waals surface area contributed by atoms with E-state index in [1.807, 2.05) is 11.0 Å². The van der Waals surface area contributed by atoms with Gasteiger partial charge in [-0.05, 0) is 42.7 Å². The minimum absolute atomic E-state index is 0.104. The lowest BCUT2D eigenvalue weighted by molar-refractivity contribution is -0.384. The third-order valence-corrected chi connectivity index (χ3v) is 5.12. The van der Waals surface area contributed by atoms with Gasteiger partial charge in [-0.1, -0.05) is 0 Å². The molecular weight excluding hydrogens is 362 g/mol. The van der Waals surface area contributed by atoms with Crippen molar-refractivity contribution in [2.45, 2.75) is 18.4 Å². The van der Waals surface area contributed by atoms with E-state index in [4.69, 9.17) is 14.7 Å². The first-order chi connectivity index (χ1) is 13.4. The van der Waals surface area contributed by atoms with Gasteiger partial charge >= 0.3 is 0 Å². The van der Waals surface area contributed by atoms with Crippen LogP contribution in [-0.2, 0) is 5.60 Å². The molecule has 0 unspecified atom stereocenters. The van der Waals surface area contributed by atoms with E-state index < -0.39 is 10.5 Å². The van der Waals surface area contributed by atoms with Gasteiger partial charge in [0.05, 0.1) is 36.4 Å². The van der Waals surface area contributed by atoms with Crippen molar-refractivity contribution >= 4 is 11.4 Å². The highest BCUT2D eigenvalue weighted by atomic mass is 16.6. The van der Waals surface area contributed by atoms with Crippen molar-refractivity contribution < 1.29 is 19.5 Å². The topological polar surface area (TPSA) is 109 Å². The number of hydrogen-bond acceptors (Lipinski definition) is 7. The summed E-state index contributed by atoms with van der Waals surface area (Å²) in [6.07, 6.45) is 0.779. The van der Waals surface area contributed by atoms with Gasteiger partial charge in [0.2, 0.25) is 0 Å². The van der Waals surface area contributed by atoms with Crippen molar-refractivity contribution in [1.82, 2.24) is 0 Å². The zero-order valence-electron chi connectivity index (χ0n) is 15.7. The normalized spacial score (nSPS) is 15.6. The van der Waals surface area contributed by atoms with Crippen LogP contribution in [0.15, 0.2) is 36.4 Å². The van der Waals surface area contributed by atoms with Crippen LogP contribution in [-0.4, -0.2) is 37.3 Å². The van der Waals surface area contributed by atoms with Crippen molar-refractivity contribution in [2.75, 3.05) is 32.2 Å². The largest absolute Gasteiger partial charge is 0.497 e. The number of rotatable bonds is 5. The zero-order valence-corrected chi connectivity index (χ0v) is 15.7. The fourth-order valence-corrected chi connectivity index (χ4v) is 3.49. The van der Waals surface area contributed by atoms with E-state index >= 15 is 0 Å². The molecule has 8 heteroatoms. The van der Waals surface area contributed by atoms with Crippen LogP contribution in [0.5, 0.6) is 11.5 Å². The highest BCUT2D eigenvalue weighted by Gasteiger charge is 2.36. The molecule has 1 aliphatic heterocycles. The molecule has 0 atom stereocenters. The van der Waals surface area contributed by atoms with E-state index in [-0.39, 0.29) is 11.3 Å². The van der Waals surface area contributed by atoms with E-state index in [0.29, 0.717) is 48.7 Å². The van der Waals surface area contributed by atoms with Crippen LogP contribution in [0.25, 0.3) is 0 Å². The molecule has 0 aliphatic carbocycles. The Morgan fingerprint density at radius 2 is 1.75 bits per heavy atom. The van der Waals surface area contributed by atoms with Gasteiger partial charge in [-0.25, -0.2) is 0 Å². The van der Waals surface area contributed by atoms with E-state index in [0.717, 1.165) is 0 Å². The number of nitrogens with zero attached hydrogens (tertiary/aromatic N) is 3. The number of anilines is 1. The third kappa shape index (κ3) is 3.70. The average molecular weight is 383 g/mol. The fraction of sp³-hybridized carbons (Fsp3) is 0.350. The van der Waals surface area contributed by atoms with Crippen molar-refractivity contribution in [3.63, 3.8) is 0 Å². The summed E-state index contributed by atoms with van der Waals surface area (Å²) in [5.74, 6) is 1.18.